The minimum absolute atomic E-state index is 0.105. The van der Waals surface area contributed by atoms with Crippen LogP contribution in [0.25, 0.3) is 0 Å². The van der Waals surface area contributed by atoms with Gasteiger partial charge in [-0.25, -0.2) is 4.39 Å². The lowest BCUT2D eigenvalue weighted by atomic mass is 10.2. The molecule has 0 saturated heterocycles. The van der Waals surface area contributed by atoms with Crippen LogP contribution in [0.3, 0.4) is 0 Å². The van der Waals surface area contributed by atoms with E-state index in [1.54, 1.807) is 6.07 Å². The minimum Gasteiger partial charge on any atom is -0.339 e. The maximum atomic E-state index is 13.7. The summed E-state index contributed by atoms with van der Waals surface area (Å²) >= 11 is 3.20. The molecule has 3 nitrogen and oxygen atoms in total. The number of carbonyl (C=O) groups excluding carboxylic acids is 1. The van der Waals surface area contributed by atoms with Crippen molar-refractivity contribution < 1.29 is 9.18 Å². The quantitative estimate of drug-likeness (QED) is 0.852. The number of para-hydroxylation sites is 1. The molecule has 0 bridgehead atoms. The van der Waals surface area contributed by atoms with Crippen LogP contribution in [0.4, 0.5) is 21.5 Å². The topological polar surface area (TPSA) is 32.3 Å². The number of benzene rings is 2. The van der Waals surface area contributed by atoms with Crippen LogP contribution in [-0.4, -0.2) is 12.5 Å². The van der Waals surface area contributed by atoms with Crippen molar-refractivity contribution in [1.29, 1.82) is 0 Å². The molecule has 0 spiro atoms. The van der Waals surface area contributed by atoms with Crippen LogP contribution in [0.5, 0.6) is 0 Å². The van der Waals surface area contributed by atoms with E-state index < -0.39 is 0 Å². The Morgan fingerprint density at radius 2 is 1.95 bits per heavy atom. The molecule has 0 radical (unpaired) electrons. The molecule has 2 aromatic carbocycles. The first kappa shape index (κ1) is 13.1. The van der Waals surface area contributed by atoms with E-state index in [1.807, 2.05) is 35.2 Å². The molecule has 0 saturated carbocycles. The van der Waals surface area contributed by atoms with Gasteiger partial charge < -0.3 is 10.2 Å². The SMILES string of the molecule is O=C1CCN(c2ccccc2)c2cc(Br)c(F)cc2N1. The lowest BCUT2D eigenvalue weighted by Gasteiger charge is -2.24. The summed E-state index contributed by atoms with van der Waals surface area (Å²) in [4.78, 5) is 13.8. The molecule has 0 aromatic heterocycles. The highest BCUT2D eigenvalue weighted by Gasteiger charge is 2.22. The molecule has 0 fully saturated rings. The zero-order chi connectivity index (χ0) is 14.1. The number of halogens is 2. The Morgan fingerprint density at radius 1 is 1.20 bits per heavy atom. The van der Waals surface area contributed by atoms with Crippen molar-refractivity contribution in [2.24, 2.45) is 0 Å². The summed E-state index contributed by atoms with van der Waals surface area (Å²) in [5.41, 5.74) is 2.26. The van der Waals surface area contributed by atoms with Gasteiger partial charge >= 0.3 is 0 Å². The number of amides is 1. The second kappa shape index (κ2) is 5.25. The molecule has 1 amide bonds. The Hall–Kier alpha value is -1.88. The van der Waals surface area contributed by atoms with Crippen molar-refractivity contribution in [3.8, 4) is 0 Å². The Balaban J connectivity index is 2.14. The highest BCUT2D eigenvalue weighted by atomic mass is 79.9. The molecule has 0 atom stereocenters. The summed E-state index contributed by atoms with van der Waals surface area (Å²) in [6, 6.07) is 12.8. The second-order valence-corrected chi connectivity index (χ2v) is 5.42. The highest BCUT2D eigenvalue weighted by molar-refractivity contribution is 9.10. The molecule has 0 unspecified atom stereocenters. The number of rotatable bonds is 1. The fraction of sp³-hybridized carbons (Fsp3) is 0.133. The summed E-state index contributed by atoms with van der Waals surface area (Å²) in [6.07, 6.45) is 0.364. The Labute approximate surface area is 124 Å². The number of hydrogen-bond donors (Lipinski definition) is 1. The molecular formula is C15H12BrFN2O. The number of nitrogens with zero attached hydrogens (tertiary/aromatic N) is 1. The van der Waals surface area contributed by atoms with E-state index >= 15 is 0 Å². The monoisotopic (exact) mass is 334 g/mol. The summed E-state index contributed by atoms with van der Waals surface area (Å²) in [6.45, 7) is 0.556. The average Bonchev–Trinajstić information content (AvgIpc) is 2.59. The molecule has 1 aliphatic heterocycles. The van der Waals surface area contributed by atoms with Gasteiger partial charge in [-0.15, -0.1) is 0 Å². The zero-order valence-electron chi connectivity index (χ0n) is 10.6. The maximum absolute atomic E-state index is 13.7. The highest BCUT2D eigenvalue weighted by Crippen LogP contribution is 2.37. The van der Waals surface area contributed by atoms with Crippen LogP contribution < -0.4 is 10.2 Å². The van der Waals surface area contributed by atoms with Gasteiger partial charge in [0, 0.05) is 24.7 Å². The number of hydrogen-bond acceptors (Lipinski definition) is 2. The van der Waals surface area contributed by atoms with Gasteiger partial charge in [0.2, 0.25) is 5.91 Å². The van der Waals surface area contributed by atoms with E-state index in [1.165, 1.54) is 6.07 Å². The van der Waals surface area contributed by atoms with Crippen molar-refractivity contribution in [2.45, 2.75) is 6.42 Å². The molecular weight excluding hydrogens is 323 g/mol. The van der Waals surface area contributed by atoms with Gasteiger partial charge in [-0.2, -0.15) is 0 Å². The Bertz CT molecular complexity index is 660. The zero-order valence-corrected chi connectivity index (χ0v) is 12.2. The predicted octanol–water partition coefficient (Wildman–Crippen LogP) is 4.07. The molecule has 3 rings (SSSR count). The van der Waals surface area contributed by atoms with Crippen molar-refractivity contribution in [2.75, 3.05) is 16.8 Å². The van der Waals surface area contributed by atoms with Gasteiger partial charge in [-0.3, -0.25) is 4.79 Å². The van der Waals surface area contributed by atoms with Gasteiger partial charge in [-0.05, 0) is 34.1 Å². The van der Waals surface area contributed by atoms with Gasteiger partial charge in [0.15, 0.2) is 0 Å². The first-order valence-corrected chi connectivity index (χ1v) is 7.06. The van der Waals surface area contributed by atoms with E-state index in [0.29, 0.717) is 23.1 Å². The number of anilines is 3. The van der Waals surface area contributed by atoms with Crippen molar-refractivity contribution in [1.82, 2.24) is 0 Å². The van der Waals surface area contributed by atoms with Crippen molar-refractivity contribution >= 4 is 38.9 Å². The molecule has 20 heavy (non-hydrogen) atoms. The minimum atomic E-state index is -0.390. The van der Waals surface area contributed by atoms with E-state index in [4.69, 9.17) is 0 Å². The normalized spacial score (nSPS) is 14.5. The van der Waals surface area contributed by atoms with E-state index in [2.05, 4.69) is 21.2 Å². The van der Waals surface area contributed by atoms with E-state index in [0.717, 1.165) is 11.4 Å². The van der Waals surface area contributed by atoms with Crippen LogP contribution >= 0.6 is 15.9 Å². The summed E-state index contributed by atoms with van der Waals surface area (Å²) in [5.74, 6) is -0.495. The molecule has 102 valence electrons. The molecule has 1 N–H and O–H groups in total. The third-order valence-electron chi connectivity index (χ3n) is 3.23. The largest absolute Gasteiger partial charge is 0.339 e. The average molecular weight is 335 g/mol. The summed E-state index contributed by atoms with van der Waals surface area (Å²) in [7, 11) is 0. The fourth-order valence-electron chi connectivity index (χ4n) is 2.28. The van der Waals surface area contributed by atoms with E-state index in [9.17, 15) is 9.18 Å². The fourth-order valence-corrected chi connectivity index (χ4v) is 2.61. The first-order chi connectivity index (χ1) is 9.65. The third-order valence-corrected chi connectivity index (χ3v) is 3.84. The van der Waals surface area contributed by atoms with Crippen LogP contribution in [0, 0.1) is 5.82 Å². The molecule has 5 heteroatoms. The van der Waals surface area contributed by atoms with Crippen LogP contribution in [0.1, 0.15) is 6.42 Å². The molecule has 2 aromatic rings. The van der Waals surface area contributed by atoms with Gasteiger partial charge in [0.25, 0.3) is 0 Å². The third kappa shape index (κ3) is 2.41. The Kier molecular flexibility index (Phi) is 3.44. The summed E-state index contributed by atoms with van der Waals surface area (Å²) < 4.78 is 14.1. The van der Waals surface area contributed by atoms with Crippen molar-refractivity contribution in [3.63, 3.8) is 0 Å². The van der Waals surface area contributed by atoms with E-state index in [-0.39, 0.29) is 11.7 Å². The number of carbonyl (C=O) groups is 1. The first-order valence-electron chi connectivity index (χ1n) is 6.26. The molecule has 0 aliphatic carbocycles. The van der Waals surface area contributed by atoms with Gasteiger partial charge in [0.1, 0.15) is 5.82 Å². The summed E-state index contributed by atoms with van der Waals surface area (Å²) in [5, 5.41) is 2.75. The van der Waals surface area contributed by atoms with Crippen LogP contribution in [0.15, 0.2) is 46.9 Å². The second-order valence-electron chi connectivity index (χ2n) is 4.57. The van der Waals surface area contributed by atoms with Crippen LogP contribution in [0.2, 0.25) is 0 Å². The smallest absolute Gasteiger partial charge is 0.226 e. The van der Waals surface area contributed by atoms with Gasteiger partial charge in [0.05, 0.1) is 15.8 Å². The van der Waals surface area contributed by atoms with Crippen LogP contribution in [-0.2, 0) is 4.79 Å². The molecule has 1 aliphatic rings. The molecule has 1 heterocycles. The predicted molar refractivity (Wildman–Crippen MR) is 80.8 cm³/mol. The number of fused-ring (bicyclic) bond motifs is 1. The van der Waals surface area contributed by atoms with Gasteiger partial charge in [-0.1, -0.05) is 18.2 Å². The standard InChI is InChI=1S/C15H12BrFN2O/c16-11-8-14-13(9-12(11)17)18-15(20)6-7-19(14)10-4-2-1-3-5-10/h1-5,8-9H,6-7H2,(H,18,20). The lowest BCUT2D eigenvalue weighted by Crippen LogP contribution is -2.18. The van der Waals surface area contributed by atoms with Crippen molar-refractivity contribution in [3.05, 3.63) is 52.8 Å². The number of nitrogens with one attached hydrogen (secondary N) is 1. The Morgan fingerprint density at radius 3 is 2.70 bits per heavy atom. The maximum Gasteiger partial charge on any atom is 0.226 e. The lowest BCUT2D eigenvalue weighted by molar-refractivity contribution is -0.115.